The molecule has 90 valence electrons. The predicted molar refractivity (Wildman–Crippen MR) is 66.0 cm³/mol. The van der Waals surface area contributed by atoms with Crippen molar-refractivity contribution < 1.29 is 14.3 Å². The fraction of sp³-hybridized carbons (Fsp3) is 0. The van der Waals surface area contributed by atoms with Crippen molar-refractivity contribution in [2.45, 2.75) is 0 Å². The highest BCUT2D eigenvalue weighted by molar-refractivity contribution is 6.30. The van der Waals surface area contributed by atoms with Gasteiger partial charge in [0.05, 0.1) is 0 Å². The van der Waals surface area contributed by atoms with Crippen molar-refractivity contribution in [3.63, 3.8) is 0 Å². The average Bonchev–Trinajstić information content (AvgIpc) is 2.41. The molecule has 5 heteroatoms. The number of esters is 1. The van der Waals surface area contributed by atoms with Gasteiger partial charge in [-0.2, -0.15) is 0 Å². The number of aromatic nitrogens is 1. The Bertz CT molecular complexity index is 581. The molecule has 0 aliphatic heterocycles. The molecule has 0 atom stereocenters. The van der Waals surface area contributed by atoms with Gasteiger partial charge in [-0.25, -0.2) is 9.78 Å². The largest absolute Gasteiger partial charge is 0.422 e. The van der Waals surface area contributed by atoms with Crippen LogP contribution in [0.3, 0.4) is 0 Å². The molecule has 18 heavy (non-hydrogen) atoms. The van der Waals surface area contributed by atoms with Gasteiger partial charge in [0, 0.05) is 5.02 Å². The molecule has 0 aliphatic carbocycles. The van der Waals surface area contributed by atoms with E-state index in [1.54, 1.807) is 30.3 Å². The number of carbonyl (C=O) groups excluding carboxylic acids is 2. The van der Waals surface area contributed by atoms with Crippen LogP contribution in [0.5, 0.6) is 5.75 Å². The lowest BCUT2D eigenvalue weighted by molar-refractivity contribution is 0.0728. The maximum Gasteiger partial charge on any atom is 0.362 e. The average molecular weight is 262 g/mol. The van der Waals surface area contributed by atoms with Crippen LogP contribution in [0.2, 0.25) is 5.02 Å². The maximum atomic E-state index is 11.7. The van der Waals surface area contributed by atoms with E-state index in [1.165, 1.54) is 12.1 Å². The fourth-order valence-corrected chi connectivity index (χ4v) is 1.42. The van der Waals surface area contributed by atoms with Crippen molar-refractivity contribution in [2.75, 3.05) is 0 Å². The zero-order valence-corrected chi connectivity index (χ0v) is 9.92. The number of hydrogen-bond acceptors (Lipinski definition) is 4. The molecular weight excluding hydrogens is 254 g/mol. The van der Waals surface area contributed by atoms with E-state index in [1.807, 2.05) is 0 Å². The van der Waals surface area contributed by atoms with Crippen LogP contribution in [0.4, 0.5) is 0 Å². The molecule has 1 aromatic carbocycles. The summed E-state index contributed by atoms with van der Waals surface area (Å²) in [6, 6.07) is 10.9. The van der Waals surface area contributed by atoms with Gasteiger partial charge >= 0.3 is 5.97 Å². The first-order chi connectivity index (χ1) is 8.69. The first-order valence-electron chi connectivity index (χ1n) is 5.09. The molecule has 2 aromatic rings. The monoisotopic (exact) mass is 261 g/mol. The number of benzene rings is 1. The summed E-state index contributed by atoms with van der Waals surface area (Å²) in [5.74, 6) is -0.260. The van der Waals surface area contributed by atoms with Gasteiger partial charge in [0.2, 0.25) is 0 Å². The number of carbonyl (C=O) groups is 2. The van der Waals surface area contributed by atoms with Crippen molar-refractivity contribution in [1.82, 2.24) is 4.98 Å². The van der Waals surface area contributed by atoms with E-state index >= 15 is 0 Å². The highest BCUT2D eigenvalue weighted by atomic mass is 35.5. The van der Waals surface area contributed by atoms with Gasteiger partial charge in [0.25, 0.3) is 0 Å². The van der Waals surface area contributed by atoms with Crippen molar-refractivity contribution in [1.29, 1.82) is 0 Å². The Morgan fingerprint density at radius 1 is 1.17 bits per heavy atom. The molecule has 1 aromatic heterocycles. The number of nitrogens with zero attached hydrogens (tertiary/aromatic N) is 1. The molecule has 0 spiro atoms. The van der Waals surface area contributed by atoms with Gasteiger partial charge in [0.1, 0.15) is 17.1 Å². The van der Waals surface area contributed by atoms with Crippen molar-refractivity contribution >= 4 is 23.9 Å². The van der Waals surface area contributed by atoms with Crippen LogP contribution in [-0.4, -0.2) is 17.2 Å². The van der Waals surface area contributed by atoms with E-state index in [4.69, 9.17) is 16.3 Å². The zero-order chi connectivity index (χ0) is 13.0. The van der Waals surface area contributed by atoms with E-state index in [2.05, 4.69) is 4.98 Å². The lowest BCUT2D eigenvalue weighted by Crippen LogP contribution is -2.11. The summed E-state index contributed by atoms with van der Waals surface area (Å²) in [6.07, 6.45) is 0.569. The summed E-state index contributed by atoms with van der Waals surface area (Å²) in [4.78, 5) is 26.1. The highest BCUT2D eigenvalue weighted by Gasteiger charge is 2.10. The maximum absolute atomic E-state index is 11.7. The molecule has 0 N–H and O–H groups in total. The van der Waals surface area contributed by atoms with E-state index in [0.29, 0.717) is 17.1 Å². The van der Waals surface area contributed by atoms with E-state index < -0.39 is 5.97 Å². The van der Waals surface area contributed by atoms with Crippen LogP contribution in [0, 0.1) is 0 Å². The predicted octanol–water partition coefficient (Wildman–Crippen LogP) is 2.77. The van der Waals surface area contributed by atoms with Crippen LogP contribution in [0.15, 0.2) is 42.5 Å². The third kappa shape index (κ3) is 2.93. The van der Waals surface area contributed by atoms with Gasteiger partial charge in [-0.05, 0) is 36.4 Å². The highest BCUT2D eigenvalue weighted by Crippen LogP contribution is 2.16. The second-order valence-corrected chi connectivity index (χ2v) is 3.85. The third-order valence-electron chi connectivity index (χ3n) is 2.12. The molecule has 4 nitrogen and oxygen atoms in total. The van der Waals surface area contributed by atoms with Gasteiger partial charge in [-0.15, -0.1) is 0 Å². The minimum absolute atomic E-state index is 0.0783. The number of hydrogen-bond donors (Lipinski definition) is 0. The number of ether oxygens (including phenoxy) is 1. The summed E-state index contributed by atoms with van der Waals surface area (Å²) in [7, 11) is 0. The Hall–Kier alpha value is -2.20. The lowest BCUT2D eigenvalue weighted by atomic mass is 10.3. The Balaban J connectivity index is 2.16. The zero-order valence-electron chi connectivity index (χ0n) is 9.17. The Morgan fingerprint density at radius 3 is 2.56 bits per heavy atom. The van der Waals surface area contributed by atoms with Crippen LogP contribution < -0.4 is 4.74 Å². The number of aldehydes is 1. The van der Waals surface area contributed by atoms with E-state index in [9.17, 15) is 9.59 Å². The topological polar surface area (TPSA) is 56.3 Å². The van der Waals surface area contributed by atoms with E-state index in [-0.39, 0.29) is 11.4 Å². The van der Waals surface area contributed by atoms with Crippen molar-refractivity contribution in [3.05, 3.63) is 58.9 Å². The summed E-state index contributed by atoms with van der Waals surface area (Å²) in [5.41, 5.74) is 0.259. The number of halogens is 1. The van der Waals surface area contributed by atoms with Crippen LogP contribution in [0.1, 0.15) is 21.0 Å². The van der Waals surface area contributed by atoms with Crippen LogP contribution in [-0.2, 0) is 0 Å². The van der Waals surface area contributed by atoms with Gasteiger partial charge in [0.15, 0.2) is 6.29 Å². The summed E-state index contributed by atoms with van der Waals surface area (Å²) >= 11 is 5.71. The first kappa shape index (κ1) is 12.3. The molecule has 1 heterocycles. The smallest absolute Gasteiger partial charge is 0.362 e. The molecule has 0 radical (unpaired) electrons. The van der Waals surface area contributed by atoms with Crippen LogP contribution >= 0.6 is 11.6 Å². The molecule has 2 rings (SSSR count). The van der Waals surface area contributed by atoms with Gasteiger partial charge < -0.3 is 4.74 Å². The molecule has 0 saturated carbocycles. The Kier molecular flexibility index (Phi) is 3.69. The Labute approximate surface area is 108 Å². The Morgan fingerprint density at radius 2 is 1.89 bits per heavy atom. The number of rotatable bonds is 3. The van der Waals surface area contributed by atoms with Crippen molar-refractivity contribution in [2.24, 2.45) is 0 Å². The standard InChI is InChI=1S/C13H8ClNO3/c14-9-4-6-11(7-5-9)18-13(17)12-3-1-2-10(8-16)15-12/h1-8H. The molecule has 0 saturated heterocycles. The summed E-state index contributed by atoms with van der Waals surface area (Å²) in [6.45, 7) is 0. The normalized spacial score (nSPS) is 9.83. The summed E-state index contributed by atoms with van der Waals surface area (Å²) in [5, 5.41) is 0.552. The molecule has 0 fully saturated rings. The fourth-order valence-electron chi connectivity index (χ4n) is 1.29. The van der Waals surface area contributed by atoms with Gasteiger partial charge in [-0.1, -0.05) is 17.7 Å². The SMILES string of the molecule is O=Cc1cccc(C(=O)Oc2ccc(Cl)cc2)n1. The van der Waals surface area contributed by atoms with Crippen molar-refractivity contribution in [3.8, 4) is 5.75 Å². The molecule has 0 amide bonds. The van der Waals surface area contributed by atoms with Gasteiger partial charge in [-0.3, -0.25) is 4.79 Å². The van der Waals surface area contributed by atoms with E-state index in [0.717, 1.165) is 0 Å². The number of pyridine rings is 1. The molecule has 0 unspecified atom stereocenters. The minimum atomic E-state index is -0.624. The third-order valence-corrected chi connectivity index (χ3v) is 2.38. The van der Waals surface area contributed by atoms with Crippen LogP contribution in [0.25, 0.3) is 0 Å². The second kappa shape index (κ2) is 5.42. The molecule has 0 bridgehead atoms. The quantitative estimate of drug-likeness (QED) is 0.484. The summed E-state index contributed by atoms with van der Waals surface area (Å²) < 4.78 is 5.08. The molecule has 0 aliphatic rings. The lowest BCUT2D eigenvalue weighted by Gasteiger charge is -2.03. The second-order valence-electron chi connectivity index (χ2n) is 3.41. The first-order valence-corrected chi connectivity index (χ1v) is 5.47. The minimum Gasteiger partial charge on any atom is -0.422 e. The molecular formula is C13H8ClNO3.